The topological polar surface area (TPSA) is 56.0 Å². The number of hydrogen-bond acceptors (Lipinski definition) is 2. The molecule has 1 heterocycles. The molecule has 2 rings (SSSR count). The summed E-state index contributed by atoms with van der Waals surface area (Å²) in [6, 6.07) is 7.34. The van der Waals surface area contributed by atoms with Crippen molar-refractivity contribution in [3.05, 3.63) is 41.7 Å². The number of amides is 1. The van der Waals surface area contributed by atoms with Gasteiger partial charge in [0.2, 0.25) is 5.91 Å². The number of carbonyl (C=O) groups is 1. The van der Waals surface area contributed by atoms with Gasteiger partial charge < -0.3 is 5.73 Å². The molecule has 15 heavy (non-hydrogen) atoms. The Bertz CT molecular complexity index is 520. The SMILES string of the molecule is CCc1nccc2cc(C(N)=O)ccc12. The maximum absolute atomic E-state index is 11.0. The molecule has 0 aliphatic rings. The first-order chi connectivity index (χ1) is 7.22. The first-order valence-corrected chi connectivity index (χ1v) is 4.90. The van der Waals surface area contributed by atoms with Crippen LogP contribution < -0.4 is 5.73 Å². The zero-order chi connectivity index (χ0) is 10.8. The molecule has 76 valence electrons. The molecule has 0 saturated carbocycles. The summed E-state index contributed by atoms with van der Waals surface area (Å²) < 4.78 is 0. The first-order valence-electron chi connectivity index (χ1n) is 4.90. The number of nitrogens with two attached hydrogens (primary N) is 1. The second kappa shape index (κ2) is 3.69. The second-order valence-corrected chi connectivity index (χ2v) is 3.41. The number of aromatic nitrogens is 1. The fourth-order valence-corrected chi connectivity index (χ4v) is 1.68. The van der Waals surface area contributed by atoms with Crippen LogP contribution in [0.3, 0.4) is 0 Å². The Morgan fingerprint density at radius 3 is 2.87 bits per heavy atom. The predicted molar refractivity (Wildman–Crippen MR) is 59.6 cm³/mol. The monoisotopic (exact) mass is 200 g/mol. The molecule has 0 radical (unpaired) electrons. The lowest BCUT2D eigenvalue weighted by Crippen LogP contribution is -2.10. The number of aryl methyl sites for hydroxylation is 1. The molecule has 3 nitrogen and oxygen atoms in total. The average molecular weight is 200 g/mol. The molecule has 0 unspecified atom stereocenters. The Morgan fingerprint density at radius 2 is 2.20 bits per heavy atom. The number of hydrogen-bond donors (Lipinski definition) is 1. The van der Waals surface area contributed by atoms with Gasteiger partial charge in [0.05, 0.1) is 0 Å². The van der Waals surface area contributed by atoms with Gasteiger partial charge >= 0.3 is 0 Å². The fourth-order valence-electron chi connectivity index (χ4n) is 1.68. The summed E-state index contributed by atoms with van der Waals surface area (Å²) in [5.41, 5.74) is 6.80. The standard InChI is InChI=1S/C12H12N2O/c1-2-11-10-4-3-9(12(13)15)7-8(10)5-6-14-11/h3-7H,2H2,1H3,(H2,13,15). The summed E-state index contributed by atoms with van der Waals surface area (Å²) >= 11 is 0. The quantitative estimate of drug-likeness (QED) is 0.804. The third kappa shape index (κ3) is 1.68. The highest BCUT2D eigenvalue weighted by molar-refractivity contribution is 5.97. The summed E-state index contributed by atoms with van der Waals surface area (Å²) in [6.45, 7) is 2.06. The van der Waals surface area contributed by atoms with E-state index in [1.807, 2.05) is 12.1 Å². The molecule has 1 aromatic heterocycles. The molecule has 3 heteroatoms. The highest BCUT2D eigenvalue weighted by atomic mass is 16.1. The number of fused-ring (bicyclic) bond motifs is 1. The van der Waals surface area contributed by atoms with E-state index in [4.69, 9.17) is 5.73 Å². The highest BCUT2D eigenvalue weighted by Gasteiger charge is 2.04. The Kier molecular flexibility index (Phi) is 2.37. The van der Waals surface area contributed by atoms with E-state index in [1.165, 1.54) is 0 Å². The van der Waals surface area contributed by atoms with E-state index in [9.17, 15) is 4.79 Å². The van der Waals surface area contributed by atoms with Gasteiger partial charge in [0.15, 0.2) is 0 Å². The molecule has 0 spiro atoms. The van der Waals surface area contributed by atoms with Crippen molar-refractivity contribution in [1.82, 2.24) is 4.98 Å². The number of rotatable bonds is 2. The fraction of sp³-hybridized carbons (Fsp3) is 0.167. The number of pyridine rings is 1. The molecular weight excluding hydrogens is 188 g/mol. The van der Waals surface area contributed by atoms with Crippen molar-refractivity contribution in [2.24, 2.45) is 5.73 Å². The lowest BCUT2D eigenvalue weighted by molar-refractivity contribution is 0.100. The first kappa shape index (κ1) is 9.65. The van der Waals surface area contributed by atoms with E-state index in [2.05, 4.69) is 11.9 Å². The van der Waals surface area contributed by atoms with Crippen LogP contribution >= 0.6 is 0 Å². The van der Waals surface area contributed by atoms with Crippen molar-refractivity contribution in [2.45, 2.75) is 13.3 Å². The van der Waals surface area contributed by atoms with Crippen LogP contribution in [-0.2, 0) is 6.42 Å². The number of nitrogens with zero attached hydrogens (tertiary/aromatic N) is 1. The molecule has 2 N–H and O–H groups in total. The van der Waals surface area contributed by atoms with Gasteiger partial charge in [0.25, 0.3) is 0 Å². The van der Waals surface area contributed by atoms with Crippen LogP contribution in [0.25, 0.3) is 10.8 Å². The third-order valence-corrected chi connectivity index (χ3v) is 2.47. The smallest absolute Gasteiger partial charge is 0.248 e. The predicted octanol–water partition coefficient (Wildman–Crippen LogP) is 1.90. The number of primary amides is 1. The largest absolute Gasteiger partial charge is 0.366 e. The summed E-state index contributed by atoms with van der Waals surface area (Å²) in [6.07, 6.45) is 2.64. The minimum Gasteiger partial charge on any atom is -0.366 e. The maximum Gasteiger partial charge on any atom is 0.248 e. The molecule has 0 bridgehead atoms. The summed E-state index contributed by atoms with van der Waals surface area (Å²) in [7, 11) is 0. The van der Waals surface area contributed by atoms with Gasteiger partial charge in [-0.25, -0.2) is 0 Å². The van der Waals surface area contributed by atoms with Crippen molar-refractivity contribution in [2.75, 3.05) is 0 Å². The molecule has 0 aliphatic carbocycles. The van der Waals surface area contributed by atoms with E-state index in [-0.39, 0.29) is 0 Å². The van der Waals surface area contributed by atoms with Crippen molar-refractivity contribution in [1.29, 1.82) is 0 Å². The van der Waals surface area contributed by atoms with Gasteiger partial charge in [-0.2, -0.15) is 0 Å². The lowest BCUT2D eigenvalue weighted by atomic mass is 10.1. The van der Waals surface area contributed by atoms with E-state index in [0.717, 1.165) is 22.9 Å². The molecular formula is C12H12N2O. The lowest BCUT2D eigenvalue weighted by Gasteiger charge is -2.04. The summed E-state index contributed by atoms with van der Waals surface area (Å²) in [5, 5.41) is 2.10. The Labute approximate surface area is 87.9 Å². The van der Waals surface area contributed by atoms with Crippen LogP contribution in [0.5, 0.6) is 0 Å². The maximum atomic E-state index is 11.0. The average Bonchev–Trinajstić information content (AvgIpc) is 2.27. The molecule has 0 atom stereocenters. The van der Waals surface area contributed by atoms with E-state index in [0.29, 0.717) is 5.56 Å². The van der Waals surface area contributed by atoms with Crippen LogP contribution in [0.2, 0.25) is 0 Å². The summed E-state index contributed by atoms with van der Waals surface area (Å²) in [4.78, 5) is 15.3. The summed E-state index contributed by atoms with van der Waals surface area (Å²) in [5.74, 6) is -0.397. The number of carbonyl (C=O) groups excluding carboxylic acids is 1. The van der Waals surface area contributed by atoms with Crippen LogP contribution in [0.15, 0.2) is 30.5 Å². The van der Waals surface area contributed by atoms with E-state index in [1.54, 1.807) is 18.3 Å². The Balaban J connectivity index is 2.69. The van der Waals surface area contributed by atoms with Gasteiger partial charge in [0, 0.05) is 22.8 Å². The Hall–Kier alpha value is -1.90. The zero-order valence-corrected chi connectivity index (χ0v) is 8.53. The van der Waals surface area contributed by atoms with Crippen molar-refractivity contribution in [3.63, 3.8) is 0 Å². The molecule has 0 aliphatic heterocycles. The highest BCUT2D eigenvalue weighted by Crippen LogP contribution is 2.18. The van der Waals surface area contributed by atoms with Crippen molar-refractivity contribution < 1.29 is 4.79 Å². The van der Waals surface area contributed by atoms with Crippen molar-refractivity contribution >= 4 is 16.7 Å². The van der Waals surface area contributed by atoms with Crippen LogP contribution in [0, 0.1) is 0 Å². The van der Waals surface area contributed by atoms with E-state index >= 15 is 0 Å². The molecule has 0 fully saturated rings. The minimum atomic E-state index is -0.397. The van der Waals surface area contributed by atoms with Crippen LogP contribution in [0.4, 0.5) is 0 Å². The molecule has 2 aromatic rings. The van der Waals surface area contributed by atoms with Gasteiger partial charge in [0.1, 0.15) is 0 Å². The minimum absolute atomic E-state index is 0.397. The van der Waals surface area contributed by atoms with Gasteiger partial charge in [-0.1, -0.05) is 13.0 Å². The molecule has 1 aromatic carbocycles. The van der Waals surface area contributed by atoms with Crippen LogP contribution in [0.1, 0.15) is 23.0 Å². The van der Waals surface area contributed by atoms with Crippen molar-refractivity contribution in [3.8, 4) is 0 Å². The number of benzene rings is 1. The third-order valence-electron chi connectivity index (χ3n) is 2.47. The second-order valence-electron chi connectivity index (χ2n) is 3.41. The van der Waals surface area contributed by atoms with Gasteiger partial charge in [-0.05, 0) is 30.0 Å². The Morgan fingerprint density at radius 1 is 1.40 bits per heavy atom. The van der Waals surface area contributed by atoms with Gasteiger partial charge in [-0.15, -0.1) is 0 Å². The van der Waals surface area contributed by atoms with Crippen LogP contribution in [-0.4, -0.2) is 10.9 Å². The molecule has 1 amide bonds. The van der Waals surface area contributed by atoms with Gasteiger partial charge in [-0.3, -0.25) is 9.78 Å². The van der Waals surface area contributed by atoms with E-state index < -0.39 is 5.91 Å². The normalized spacial score (nSPS) is 10.5. The molecule has 0 saturated heterocycles. The zero-order valence-electron chi connectivity index (χ0n) is 8.53.